The second-order valence-corrected chi connectivity index (χ2v) is 10.1. The summed E-state index contributed by atoms with van der Waals surface area (Å²) in [6.07, 6.45) is -2.62. The lowest BCUT2D eigenvalue weighted by Gasteiger charge is -2.21. The second kappa shape index (κ2) is 13.6. The molecule has 0 unspecified atom stereocenters. The molecule has 40 heavy (non-hydrogen) atoms. The van der Waals surface area contributed by atoms with Crippen molar-refractivity contribution in [3.63, 3.8) is 0 Å². The molecule has 216 valence electrons. The molecule has 1 amide bonds. The van der Waals surface area contributed by atoms with Gasteiger partial charge in [0.2, 0.25) is 5.88 Å². The van der Waals surface area contributed by atoms with Crippen LogP contribution in [0.25, 0.3) is 0 Å². The lowest BCUT2D eigenvalue weighted by molar-refractivity contribution is -0.137. The van der Waals surface area contributed by atoms with Crippen molar-refractivity contribution in [3.05, 3.63) is 76.7 Å². The molecular weight excluding hydrogens is 581 g/mol. The third-order valence-corrected chi connectivity index (χ3v) is 6.91. The van der Waals surface area contributed by atoms with Crippen molar-refractivity contribution in [2.45, 2.75) is 19.1 Å². The zero-order chi connectivity index (χ0) is 29.3. The highest BCUT2D eigenvalue weighted by atomic mass is 35.5. The smallest absolute Gasteiger partial charge is 0.422 e. The van der Waals surface area contributed by atoms with Crippen molar-refractivity contribution in [1.29, 1.82) is 0 Å². The maximum atomic E-state index is 13.0. The van der Waals surface area contributed by atoms with E-state index in [-0.39, 0.29) is 47.5 Å². The number of methoxy groups -OCH3 is 1. The summed E-state index contributed by atoms with van der Waals surface area (Å²) in [5.74, 6) is -0.355. The number of rotatable bonds is 13. The number of carboxylic acid groups (broad SMARTS) is 1. The topological polar surface area (TPSA) is 140 Å². The Balaban J connectivity index is 1.88. The Bertz CT molecular complexity index is 1410. The normalized spacial score (nSPS) is 11.7. The minimum absolute atomic E-state index is 0.0266. The van der Waals surface area contributed by atoms with Crippen molar-refractivity contribution in [2.75, 3.05) is 26.9 Å². The molecule has 0 aliphatic heterocycles. The number of nitrogens with zero attached hydrogens (tertiary/aromatic N) is 3. The Morgan fingerprint density at radius 1 is 1.15 bits per heavy atom. The minimum atomic E-state index is -4.70. The highest BCUT2D eigenvalue weighted by molar-refractivity contribution is 7.87. The summed E-state index contributed by atoms with van der Waals surface area (Å²) < 4.78 is 83.2. The van der Waals surface area contributed by atoms with Gasteiger partial charge in [-0.15, -0.1) is 0 Å². The average molecular weight is 605 g/mol. The van der Waals surface area contributed by atoms with Crippen molar-refractivity contribution in [3.8, 4) is 17.4 Å². The van der Waals surface area contributed by atoms with Gasteiger partial charge in [-0.25, -0.2) is 9.78 Å². The van der Waals surface area contributed by atoms with E-state index in [0.717, 1.165) is 5.56 Å². The van der Waals surface area contributed by atoms with Gasteiger partial charge >= 0.3 is 22.5 Å². The number of aromatic nitrogens is 2. The van der Waals surface area contributed by atoms with Gasteiger partial charge in [-0.3, -0.25) is 4.98 Å². The molecule has 2 N–H and O–H groups in total. The predicted octanol–water partition coefficient (Wildman–Crippen LogP) is 4.52. The van der Waals surface area contributed by atoms with Crippen LogP contribution in [0.15, 0.2) is 55.0 Å². The molecule has 3 rings (SSSR count). The summed E-state index contributed by atoms with van der Waals surface area (Å²) >= 11 is 5.97. The first-order valence-electron chi connectivity index (χ1n) is 11.4. The van der Waals surface area contributed by atoms with Crippen LogP contribution < -0.4 is 14.2 Å². The van der Waals surface area contributed by atoms with Gasteiger partial charge in [0.05, 0.1) is 18.7 Å². The number of amides is 1. The summed E-state index contributed by atoms with van der Waals surface area (Å²) in [6, 6.07) is 8.06. The molecule has 2 heterocycles. The molecular formula is C24H24ClF3N4O7S. The summed E-state index contributed by atoms with van der Waals surface area (Å²) in [7, 11) is -3.08. The number of benzene rings is 1. The van der Waals surface area contributed by atoms with Gasteiger partial charge in [0, 0.05) is 43.9 Å². The lowest BCUT2D eigenvalue weighted by atomic mass is 10.2. The maximum Gasteiger partial charge on any atom is 0.422 e. The van der Waals surface area contributed by atoms with E-state index in [0.29, 0.717) is 12.3 Å². The Morgan fingerprint density at radius 2 is 1.88 bits per heavy atom. The molecule has 3 aromatic rings. The van der Waals surface area contributed by atoms with Gasteiger partial charge < -0.3 is 19.3 Å². The molecule has 0 radical (unpaired) electrons. The SMILES string of the molecule is COCCOc1ccc(CN(C(=O)O)S(=O)(=O)NCCc2ccncc2)c(Oc2ncc(C(F)(F)F)cc2Cl)c1. The zero-order valence-electron chi connectivity index (χ0n) is 20.9. The quantitative estimate of drug-likeness (QED) is 0.269. The highest BCUT2D eigenvalue weighted by Crippen LogP contribution is 2.36. The molecule has 0 saturated heterocycles. The second-order valence-electron chi connectivity index (χ2n) is 8.02. The van der Waals surface area contributed by atoms with Crippen molar-refractivity contribution < 1.29 is 45.7 Å². The first kappa shape index (κ1) is 30.9. The van der Waals surface area contributed by atoms with E-state index in [1.54, 1.807) is 12.1 Å². The number of halogens is 4. The van der Waals surface area contributed by atoms with Crippen LogP contribution in [0.3, 0.4) is 0 Å². The van der Waals surface area contributed by atoms with Crippen LogP contribution in [0.1, 0.15) is 16.7 Å². The molecule has 11 nitrogen and oxygen atoms in total. The van der Waals surface area contributed by atoms with Crippen LogP contribution in [0, 0.1) is 0 Å². The van der Waals surface area contributed by atoms with E-state index in [4.69, 9.17) is 25.8 Å². The van der Waals surface area contributed by atoms with E-state index in [1.807, 2.05) is 0 Å². The molecule has 0 fully saturated rings. The first-order valence-corrected chi connectivity index (χ1v) is 13.3. The van der Waals surface area contributed by atoms with Crippen LogP contribution in [-0.4, -0.2) is 60.8 Å². The number of nitrogens with one attached hydrogen (secondary N) is 1. The largest absolute Gasteiger partial charge is 0.491 e. The lowest BCUT2D eigenvalue weighted by Crippen LogP contribution is -2.43. The molecule has 0 spiro atoms. The fraction of sp³-hybridized carbons (Fsp3) is 0.292. The van der Waals surface area contributed by atoms with Gasteiger partial charge in [0.25, 0.3) is 0 Å². The summed E-state index contributed by atoms with van der Waals surface area (Å²) in [5, 5.41) is 9.22. The summed E-state index contributed by atoms with van der Waals surface area (Å²) in [6.45, 7) is -0.450. The van der Waals surface area contributed by atoms with Gasteiger partial charge in [0.1, 0.15) is 23.1 Å². The molecule has 16 heteroatoms. The van der Waals surface area contributed by atoms with Crippen LogP contribution >= 0.6 is 11.6 Å². The summed E-state index contributed by atoms with van der Waals surface area (Å²) in [5.41, 5.74) is -0.304. The number of hydrogen-bond acceptors (Lipinski definition) is 8. The molecule has 2 aromatic heterocycles. The van der Waals surface area contributed by atoms with Crippen molar-refractivity contribution in [2.24, 2.45) is 0 Å². The number of pyridine rings is 2. The third kappa shape index (κ3) is 8.67. The maximum absolute atomic E-state index is 13.0. The van der Waals surface area contributed by atoms with Crippen molar-refractivity contribution in [1.82, 2.24) is 19.0 Å². The van der Waals surface area contributed by atoms with E-state index >= 15 is 0 Å². The third-order valence-electron chi connectivity index (χ3n) is 5.20. The standard InChI is InChI=1S/C24H24ClF3N4O7S/c1-37-10-11-38-19-3-2-17(21(13-19)39-22-20(25)12-18(14-30-22)24(26,27)28)15-32(23(33)34)40(35,36)31-9-6-16-4-7-29-8-5-16/h2-5,7-8,12-14,31H,6,9-11,15H2,1H3,(H,33,34). The van der Waals surface area contributed by atoms with Gasteiger partial charge in [0.15, 0.2) is 0 Å². The van der Waals surface area contributed by atoms with Crippen LogP contribution in [-0.2, 0) is 34.1 Å². The Kier molecular flexibility index (Phi) is 10.5. The van der Waals surface area contributed by atoms with E-state index in [1.165, 1.54) is 37.7 Å². The average Bonchev–Trinajstić information content (AvgIpc) is 2.89. The zero-order valence-corrected chi connectivity index (χ0v) is 22.5. The number of carbonyl (C=O) groups is 1. The summed E-state index contributed by atoms with van der Waals surface area (Å²) in [4.78, 5) is 19.4. The number of ether oxygens (including phenoxy) is 3. The molecule has 0 bridgehead atoms. The Labute approximate surface area is 232 Å². The van der Waals surface area contributed by atoms with Crippen LogP contribution in [0.2, 0.25) is 5.02 Å². The minimum Gasteiger partial charge on any atom is -0.491 e. The monoisotopic (exact) mass is 604 g/mol. The fourth-order valence-corrected chi connectivity index (χ4v) is 4.45. The predicted molar refractivity (Wildman–Crippen MR) is 137 cm³/mol. The molecule has 1 aromatic carbocycles. The molecule has 0 aliphatic rings. The van der Waals surface area contributed by atoms with Crippen molar-refractivity contribution >= 4 is 27.9 Å². The Hall–Kier alpha value is -3.66. The molecule has 0 atom stereocenters. The molecule has 0 saturated carbocycles. The van der Waals surface area contributed by atoms with Gasteiger partial charge in [-0.05, 0) is 42.3 Å². The fourth-order valence-electron chi connectivity index (χ4n) is 3.21. The van der Waals surface area contributed by atoms with Crippen LogP contribution in [0.5, 0.6) is 17.4 Å². The molecule has 0 aliphatic carbocycles. The van der Waals surface area contributed by atoms with E-state index < -0.39 is 45.5 Å². The van der Waals surface area contributed by atoms with Gasteiger partial charge in [-0.1, -0.05) is 11.6 Å². The van der Waals surface area contributed by atoms with Crippen LogP contribution in [0.4, 0.5) is 18.0 Å². The highest BCUT2D eigenvalue weighted by Gasteiger charge is 2.32. The number of hydrogen-bond donors (Lipinski definition) is 2. The number of alkyl halides is 3. The van der Waals surface area contributed by atoms with E-state index in [9.17, 15) is 31.5 Å². The van der Waals surface area contributed by atoms with E-state index in [2.05, 4.69) is 14.7 Å². The first-order chi connectivity index (χ1) is 18.9. The Morgan fingerprint density at radius 3 is 2.50 bits per heavy atom. The van der Waals surface area contributed by atoms with Gasteiger partial charge in [-0.2, -0.15) is 30.6 Å².